The maximum atomic E-state index is 13.0. The first kappa shape index (κ1) is 17.2. The van der Waals surface area contributed by atoms with Crippen LogP contribution in [0.2, 0.25) is 5.02 Å². The second-order valence-electron chi connectivity index (χ2n) is 4.82. The zero-order valence-corrected chi connectivity index (χ0v) is 13.7. The molecule has 0 radical (unpaired) electrons. The Labute approximate surface area is 138 Å². The summed E-state index contributed by atoms with van der Waals surface area (Å²) in [5.41, 5.74) is 1.37. The second-order valence-corrected chi connectivity index (χ2v) is 6.98. The van der Waals surface area contributed by atoms with E-state index in [0.717, 1.165) is 6.26 Å². The minimum atomic E-state index is -3.36. The average molecular weight is 354 g/mol. The van der Waals surface area contributed by atoms with Gasteiger partial charge in [0.15, 0.2) is 5.78 Å². The summed E-state index contributed by atoms with van der Waals surface area (Å²) in [5.74, 6) is -0.791. The number of allylic oxidation sites excluding steroid dienone is 1. The van der Waals surface area contributed by atoms with E-state index in [4.69, 9.17) is 11.6 Å². The van der Waals surface area contributed by atoms with Crippen LogP contribution in [0.4, 0.5) is 10.1 Å². The van der Waals surface area contributed by atoms with Crippen LogP contribution < -0.4 is 4.72 Å². The maximum Gasteiger partial charge on any atom is 0.229 e. The van der Waals surface area contributed by atoms with Crippen molar-refractivity contribution < 1.29 is 17.6 Å². The van der Waals surface area contributed by atoms with Crippen molar-refractivity contribution in [2.45, 2.75) is 0 Å². The van der Waals surface area contributed by atoms with Crippen molar-refractivity contribution in [3.8, 4) is 0 Å². The first-order valence-corrected chi connectivity index (χ1v) is 8.77. The van der Waals surface area contributed by atoms with E-state index in [1.165, 1.54) is 54.6 Å². The van der Waals surface area contributed by atoms with Crippen LogP contribution in [0, 0.1) is 5.82 Å². The number of carbonyl (C=O) groups is 1. The molecule has 0 aromatic heterocycles. The fraction of sp³-hybridized carbons (Fsp3) is 0.0625. The van der Waals surface area contributed by atoms with Crippen LogP contribution in [0.3, 0.4) is 0 Å². The molecule has 0 atom stereocenters. The summed E-state index contributed by atoms with van der Waals surface area (Å²) < 4.78 is 37.6. The molecular weight excluding hydrogens is 341 g/mol. The third-order valence-electron chi connectivity index (χ3n) is 2.84. The number of hydrogen-bond donors (Lipinski definition) is 1. The zero-order chi connectivity index (χ0) is 17.0. The van der Waals surface area contributed by atoms with Gasteiger partial charge in [0.25, 0.3) is 0 Å². The van der Waals surface area contributed by atoms with Crippen molar-refractivity contribution in [1.82, 2.24) is 0 Å². The Kier molecular flexibility index (Phi) is 5.18. The Morgan fingerprint density at radius 3 is 2.39 bits per heavy atom. The number of benzene rings is 2. The molecule has 1 N–H and O–H groups in total. The van der Waals surface area contributed by atoms with Crippen LogP contribution in [-0.2, 0) is 10.0 Å². The number of sulfonamides is 1. The van der Waals surface area contributed by atoms with Gasteiger partial charge in [0.1, 0.15) is 5.82 Å². The fourth-order valence-electron chi connectivity index (χ4n) is 1.80. The molecule has 0 saturated heterocycles. The summed E-state index contributed by atoms with van der Waals surface area (Å²) in [6, 6.07) is 10.2. The van der Waals surface area contributed by atoms with Gasteiger partial charge in [-0.1, -0.05) is 23.7 Å². The lowest BCUT2D eigenvalue weighted by molar-refractivity contribution is 0.104. The lowest BCUT2D eigenvalue weighted by Crippen LogP contribution is -2.09. The minimum Gasteiger partial charge on any atom is -0.289 e. The molecule has 23 heavy (non-hydrogen) atoms. The van der Waals surface area contributed by atoms with Crippen molar-refractivity contribution in [2.24, 2.45) is 0 Å². The van der Waals surface area contributed by atoms with Crippen molar-refractivity contribution in [3.63, 3.8) is 0 Å². The second kappa shape index (κ2) is 6.93. The first-order valence-electron chi connectivity index (χ1n) is 6.50. The number of hydrogen-bond acceptors (Lipinski definition) is 3. The molecule has 0 aliphatic carbocycles. The first-order chi connectivity index (χ1) is 10.7. The molecule has 0 aliphatic rings. The number of halogens is 2. The third kappa shape index (κ3) is 5.19. The van der Waals surface area contributed by atoms with Crippen LogP contribution in [0.1, 0.15) is 15.9 Å². The van der Waals surface area contributed by atoms with Gasteiger partial charge in [0.2, 0.25) is 10.0 Å². The van der Waals surface area contributed by atoms with E-state index in [1.807, 2.05) is 0 Å². The van der Waals surface area contributed by atoms with Crippen LogP contribution in [0.15, 0.2) is 48.5 Å². The van der Waals surface area contributed by atoms with Gasteiger partial charge in [0, 0.05) is 11.3 Å². The highest BCUT2D eigenvalue weighted by atomic mass is 35.5. The zero-order valence-electron chi connectivity index (χ0n) is 12.1. The summed E-state index contributed by atoms with van der Waals surface area (Å²) in [6.45, 7) is 0. The molecule has 0 aliphatic heterocycles. The number of ketones is 1. The van der Waals surface area contributed by atoms with E-state index in [0.29, 0.717) is 16.8 Å². The Morgan fingerprint density at radius 1 is 1.17 bits per heavy atom. The summed E-state index contributed by atoms with van der Waals surface area (Å²) in [6.07, 6.45) is 3.90. The summed E-state index contributed by atoms with van der Waals surface area (Å²) in [7, 11) is -3.36. The molecule has 0 unspecified atom stereocenters. The van der Waals surface area contributed by atoms with Gasteiger partial charge in [-0.25, -0.2) is 12.8 Å². The summed E-state index contributed by atoms with van der Waals surface area (Å²) in [4.78, 5) is 12.0. The monoisotopic (exact) mass is 353 g/mol. The van der Waals surface area contributed by atoms with Crippen molar-refractivity contribution >= 4 is 39.2 Å². The van der Waals surface area contributed by atoms with Crippen molar-refractivity contribution in [1.29, 1.82) is 0 Å². The number of carbonyl (C=O) groups excluding carboxylic acids is 1. The van der Waals surface area contributed by atoms with E-state index >= 15 is 0 Å². The summed E-state index contributed by atoms with van der Waals surface area (Å²) >= 11 is 5.67. The number of nitrogens with one attached hydrogen (secondary N) is 1. The van der Waals surface area contributed by atoms with Crippen molar-refractivity contribution in [2.75, 3.05) is 11.0 Å². The summed E-state index contributed by atoms with van der Waals surface area (Å²) in [5, 5.41) is -0.0178. The Bertz CT molecular complexity index is 861. The minimum absolute atomic E-state index is 0.0178. The average Bonchev–Trinajstić information content (AvgIpc) is 2.47. The van der Waals surface area contributed by atoms with Gasteiger partial charge in [-0.15, -0.1) is 0 Å². The van der Waals surface area contributed by atoms with E-state index < -0.39 is 15.8 Å². The molecule has 2 aromatic rings. The van der Waals surface area contributed by atoms with Gasteiger partial charge in [-0.3, -0.25) is 9.52 Å². The van der Waals surface area contributed by atoms with Gasteiger partial charge >= 0.3 is 0 Å². The van der Waals surface area contributed by atoms with Crippen LogP contribution in [0.5, 0.6) is 0 Å². The van der Waals surface area contributed by atoms with E-state index in [2.05, 4.69) is 4.72 Å². The van der Waals surface area contributed by atoms with Crippen LogP contribution >= 0.6 is 11.6 Å². The highest BCUT2D eigenvalue weighted by Gasteiger charge is 2.05. The highest BCUT2D eigenvalue weighted by molar-refractivity contribution is 7.92. The molecule has 7 heteroatoms. The third-order valence-corrected chi connectivity index (χ3v) is 3.74. The van der Waals surface area contributed by atoms with Gasteiger partial charge in [-0.2, -0.15) is 0 Å². The van der Waals surface area contributed by atoms with Gasteiger partial charge in [0.05, 0.1) is 11.3 Å². The van der Waals surface area contributed by atoms with E-state index in [1.54, 1.807) is 0 Å². The molecule has 0 amide bonds. The van der Waals surface area contributed by atoms with E-state index in [-0.39, 0.29) is 10.8 Å². The molecule has 2 rings (SSSR count). The Hall–Kier alpha value is -2.18. The highest BCUT2D eigenvalue weighted by Crippen LogP contribution is 2.17. The molecule has 120 valence electrons. The molecule has 0 spiro atoms. The molecule has 0 saturated carbocycles. The van der Waals surface area contributed by atoms with Crippen molar-refractivity contribution in [3.05, 3.63) is 70.5 Å². The lowest BCUT2D eigenvalue weighted by Gasteiger charge is -2.04. The van der Waals surface area contributed by atoms with Gasteiger partial charge in [-0.05, 0) is 48.0 Å². The maximum absolute atomic E-state index is 13.0. The quantitative estimate of drug-likeness (QED) is 0.657. The topological polar surface area (TPSA) is 63.2 Å². The lowest BCUT2D eigenvalue weighted by atomic mass is 10.1. The van der Waals surface area contributed by atoms with Gasteiger partial charge < -0.3 is 0 Å². The molecule has 4 nitrogen and oxygen atoms in total. The normalized spacial score (nSPS) is 11.6. The van der Waals surface area contributed by atoms with E-state index in [9.17, 15) is 17.6 Å². The van der Waals surface area contributed by atoms with Crippen LogP contribution in [0.25, 0.3) is 6.08 Å². The Morgan fingerprint density at radius 2 is 1.83 bits per heavy atom. The largest absolute Gasteiger partial charge is 0.289 e. The predicted molar refractivity (Wildman–Crippen MR) is 89.7 cm³/mol. The smallest absolute Gasteiger partial charge is 0.229 e. The molecule has 0 heterocycles. The molecular formula is C16H13ClFNO3S. The molecule has 2 aromatic carbocycles. The fourth-order valence-corrected chi connectivity index (χ4v) is 2.55. The standard InChI is InChI=1S/C16H13ClFNO3S/c1-23(21,22)19-13-6-4-12(5-7-13)16(20)9-3-11-2-8-15(18)14(17)10-11/h2-10,19H,1H3/b9-3+. The number of rotatable bonds is 5. The molecule has 0 bridgehead atoms. The SMILES string of the molecule is CS(=O)(=O)Nc1ccc(C(=O)/C=C/c2ccc(F)c(Cl)c2)cc1. The van der Waals surface area contributed by atoms with Crippen LogP contribution in [-0.4, -0.2) is 20.5 Å². The predicted octanol–water partition coefficient (Wildman–Crippen LogP) is 3.75. The Balaban J connectivity index is 2.11. The molecule has 0 fully saturated rings. The number of anilines is 1.